The molecule has 0 aromatic heterocycles. The van der Waals surface area contributed by atoms with Crippen molar-refractivity contribution in [3.63, 3.8) is 0 Å². The molecule has 3 N–H and O–H groups in total. The second-order valence-electron chi connectivity index (χ2n) is 8.19. The Morgan fingerprint density at radius 1 is 1.12 bits per heavy atom. The Bertz CT molecular complexity index is 671. The van der Waals surface area contributed by atoms with Crippen LogP contribution in [0.2, 0.25) is 0 Å². The monoisotopic (exact) mass is 330 g/mol. The number of amides is 2. The first-order chi connectivity index (χ1) is 11.3. The zero-order chi connectivity index (χ0) is 16.9. The predicted octanol–water partition coefficient (Wildman–Crippen LogP) is 2.51. The summed E-state index contributed by atoms with van der Waals surface area (Å²) in [4.78, 5) is 23.6. The first-order valence-corrected chi connectivity index (χ1v) is 8.74. The predicted molar refractivity (Wildman–Crippen MR) is 88.1 cm³/mol. The molecule has 2 unspecified atom stereocenters. The van der Waals surface area contributed by atoms with E-state index >= 15 is 0 Å². The van der Waals surface area contributed by atoms with Gasteiger partial charge in [-0.05, 0) is 61.6 Å². The zero-order valence-corrected chi connectivity index (χ0v) is 13.7. The van der Waals surface area contributed by atoms with Crippen LogP contribution in [0.1, 0.15) is 54.4 Å². The summed E-state index contributed by atoms with van der Waals surface area (Å²) in [5.41, 5.74) is 5.06. The van der Waals surface area contributed by atoms with Gasteiger partial charge in [0.25, 0.3) is 5.91 Å². The Morgan fingerprint density at radius 2 is 1.75 bits per heavy atom. The number of carbonyl (C=O) groups is 2. The van der Waals surface area contributed by atoms with E-state index in [0.29, 0.717) is 36.7 Å². The van der Waals surface area contributed by atoms with E-state index in [1.807, 2.05) is 0 Å². The molecule has 1 aromatic carbocycles. The highest BCUT2D eigenvalue weighted by Crippen LogP contribution is 2.59. The third kappa shape index (κ3) is 2.80. The molecule has 0 heterocycles. The molecular formula is C19H23FN2O2. The lowest BCUT2D eigenvalue weighted by atomic mass is 9.51. The van der Waals surface area contributed by atoms with Gasteiger partial charge in [0.2, 0.25) is 5.91 Å². The quantitative estimate of drug-likeness (QED) is 0.890. The van der Waals surface area contributed by atoms with Gasteiger partial charge in [-0.1, -0.05) is 12.1 Å². The molecule has 4 fully saturated rings. The highest BCUT2D eigenvalue weighted by Gasteiger charge is 2.58. The van der Waals surface area contributed by atoms with Gasteiger partial charge in [0.15, 0.2) is 0 Å². The van der Waals surface area contributed by atoms with E-state index in [4.69, 9.17) is 5.73 Å². The van der Waals surface area contributed by atoms with Gasteiger partial charge in [0.05, 0.1) is 6.42 Å². The largest absolute Gasteiger partial charge is 0.369 e. The fourth-order valence-electron chi connectivity index (χ4n) is 5.59. The number of hydrogen-bond donors (Lipinski definition) is 2. The van der Waals surface area contributed by atoms with Gasteiger partial charge < -0.3 is 11.1 Å². The number of hydrogen-bond acceptors (Lipinski definition) is 2. The van der Waals surface area contributed by atoms with Crippen LogP contribution in [-0.4, -0.2) is 23.0 Å². The molecule has 0 radical (unpaired) electrons. The number of alkyl halides is 1. The summed E-state index contributed by atoms with van der Waals surface area (Å²) in [7, 11) is 0. The van der Waals surface area contributed by atoms with Crippen LogP contribution in [0.4, 0.5) is 4.39 Å². The highest BCUT2D eigenvalue weighted by atomic mass is 19.1. The second kappa shape index (κ2) is 5.30. The lowest BCUT2D eigenvalue weighted by molar-refractivity contribution is -0.117. The molecular weight excluding hydrogens is 307 g/mol. The minimum atomic E-state index is -1.08. The summed E-state index contributed by atoms with van der Waals surface area (Å²) >= 11 is 0. The maximum Gasteiger partial charge on any atom is 0.251 e. The van der Waals surface area contributed by atoms with Crippen LogP contribution in [-0.2, 0) is 11.2 Å². The van der Waals surface area contributed by atoms with Crippen molar-refractivity contribution in [1.82, 2.24) is 5.32 Å². The first-order valence-electron chi connectivity index (χ1n) is 8.74. The first kappa shape index (κ1) is 15.6. The van der Waals surface area contributed by atoms with Gasteiger partial charge in [-0.25, -0.2) is 4.39 Å². The van der Waals surface area contributed by atoms with Crippen molar-refractivity contribution in [2.45, 2.75) is 56.2 Å². The van der Waals surface area contributed by atoms with Gasteiger partial charge in [-0.15, -0.1) is 0 Å². The third-order valence-electron chi connectivity index (χ3n) is 5.96. The summed E-state index contributed by atoms with van der Waals surface area (Å²) in [5.74, 6) is 0.282. The molecule has 4 aliphatic rings. The summed E-state index contributed by atoms with van der Waals surface area (Å²) < 4.78 is 15.0. The van der Waals surface area contributed by atoms with Crippen LogP contribution >= 0.6 is 0 Å². The van der Waals surface area contributed by atoms with E-state index in [-0.39, 0.29) is 17.9 Å². The van der Waals surface area contributed by atoms with Gasteiger partial charge >= 0.3 is 0 Å². The van der Waals surface area contributed by atoms with Crippen molar-refractivity contribution in [1.29, 1.82) is 0 Å². The molecule has 0 saturated heterocycles. The standard InChI is InChI=1S/C19H23FN2O2/c20-18-7-13-5-14(8-18)10-19(9-13,11-18)22-17(24)15-3-1-12(2-4-15)6-16(21)23/h1-4,13-14H,5-11H2,(H2,21,23)(H,22,24). The third-order valence-corrected chi connectivity index (χ3v) is 5.96. The number of carbonyl (C=O) groups excluding carboxylic acids is 2. The van der Waals surface area contributed by atoms with Gasteiger partial charge in [-0.3, -0.25) is 9.59 Å². The molecule has 5 heteroatoms. The number of nitrogens with two attached hydrogens (primary N) is 1. The van der Waals surface area contributed by atoms with Crippen molar-refractivity contribution in [2.24, 2.45) is 17.6 Å². The Kier molecular flexibility index (Phi) is 3.44. The molecule has 24 heavy (non-hydrogen) atoms. The number of rotatable bonds is 4. The minimum Gasteiger partial charge on any atom is -0.369 e. The lowest BCUT2D eigenvalue weighted by Crippen LogP contribution is -2.64. The van der Waals surface area contributed by atoms with Crippen molar-refractivity contribution in [3.05, 3.63) is 35.4 Å². The smallest absolute Gasteiger partial charge is 0.251 e. The molecule has 5 rings (SSSR count). The maximum absolute atomic E-state index is 15.0. The van der Waals surface area contributed by atoms with Crippen LogP contribution in [0.15, 0.2) is 24.3 Å². The Balaban J connectivity index is 1.49. The van der Waals surface area contributed by atoms with E-state index < -0.39 is 11.6 Å². The zero-order valence-electron chi connectivity index (χ0n) is 13.7. The fourth-order valence-corrected chi connectivity index (χ4v) is 5.59. The molecule has 4 bridgehead atoms. The van der Waals surface area contributed by atoms with Crippen LogP contribution in [0, 0.1) is 11.8 Å². The number of halogens is 1. The van der Waals surface area contributed by atoms with Crippen LogP contribution in [0.3, 0.4) is 0 Å². The summed E-state index contributed by atoms with van der Waals surface area (Å²) in [6, 6.07) is 6.91. The molecule has 4 aliphatic carbocycles. The van der Waals surface area contributed by atoms with Gasteiger partial charge in [-0.2, -0.15) is 0 Å². The van der Waals surface area contributed by atoms with Gasteiger partial charge in [0.1, 0.15) is 5.67 Å². The van der Waals surface area contributed by atoms with E-state index in [1.165, 1.54) is 0 Å². The molecule has 4 nitrogen and oxygen atoms in total. The normalized spacial score (nSPS) is 36.5. The van der Waals surface area contributed by atoms with Gasteiger partial charge in [0, 0.05) is 17.5 Å². The topological polar surface area (TPSA) is 72.2 Å². The minimum absolute atomic E-state index is 0.147. The molecule has 0 spiro atoms. The van der Waals surface area contributed by atoms with Crippen molar-refractivity contribution in [2.75, 3.05) is 0 Å². The SMILES string of the molecule is NC(=O)Cc1ccc(C(=O)NC23CC4CC(CC(F)(C4)C2)C3)cc1. The molecule has 128 valence electrons. The second-order valence-corrected chi connectivity index (χ2v) is 8.19. The summed E-state index contributed by atoms with van der Waals surface area (Å²) in [5, 5.41) is 3.16. The number of nitrogens with one attached hydrogen (secondary N) is 1. The van der Waals surface area contributed by atoms with E-state index in [9.17, 15) is 14.0 Å². The molecule has 2 atom stereocenters. The Morgan fingerprint density at radius 3 is 2.29 bits per heavy atom. The molecule has 1 aromatic rings. The molecule has 4 saturated carbocycles. The number of benzene rings is 1. The highest BCUT2D eigenvalue weighted by molar-refractivity contribution is 5.94. The lowest BCUT2D eigenvalue weighted by Gasteiger charge is -2.59. The summed E-state index contributed by atoms with van der Waals surface area (Å²) in [6.45, 7) is 0. The average molecular weight is 330 g/mol. The van der Waals surface area contributed by atoms with Crippen LogP contribution in [0.25, 0.3) is 0 Å². The van der Waals surface area contributed by atoms with Crippen molar-refractivity contribution >= 4 is 11.8 Å². The van der Waals surface area contributed by atoms with E-state index in [2.05, 4.69) is 5.32 Å². The van der Waals surface area contributed by atoms with Crippen LogP contribution < -0.4 is 11.1 Å². The average Bonchev–Trinajstić information content (AvgIpc) is 2.44. The Labute approximate surface area is 141 Å². The van der Waals surface area contributed by atoms with Crippen molar-refractivity contribution < 1.29 is 14.0 Å². The molecule has 2 amide bonds. The Hall–Kier alpha value is -1.91. The maximum atomic E-state index is 15.0. The number of primary amides is 1. The fraction of sp³-hybridized carbons (Fsp3) is 0.579. The van der Waals surface area contributed by atoms with Crippen molar-refractivity contribution in [3.8, 4) is 0 Å². The summed E-state index contributed by atoms with van der Waals surface area (Å²) in [6.07, 6.45) is 4.89. The van der Waals surface area contributed by atoms with E-state index in [0.717, 1.165) is 24.8 Å². The van der Waals surface area contributed by atoms with Crippen LogP contribution in [0.5, 0.6) is 0 Å². The van der Waals surface area contributed by atoms with E-state index in [1.54, 1.807) is 24.3 Å². The molecule has 0 aliphatic heterocycles.